The van der Waals surface area contributed by atoms with Crippen molar-refractivity contribution in [1.82, 2.24) is 25.4 Å². The smallest absolute Gasteiger partial charge is 0.315 e. The fourth-order valence-corrected chi connectivity index (χ4v) is 4.52. The SMILES string of the molecule is O=C(NCc1nnc2n1CCCCC2)N[C@@H]1C[C@@H]1C1CCCCC1. The minimum Gasteiger partial charge on any atom is -0.335 e. The van der Waals surface area contributed by atoms with Gasteiger partial charge in [0.05, 0.1) is 6.54 Å². The molecule has 4 rings (SSSR count). The van der Waals surface area contributed by atoms with Gasteiger partial charge in [-0.2, -0.15) is 0 Å². The summed E-state index contributed by atoms with van der Waals surface area (Å²) in [6, 6.07) is 0.341. The molecule has 0 radical (unpaired) electrons. The van der Waals surface area contributed by atoms with E-state index in [-0.39, 0.29) is 6.03 Å². The topological polar surface area (TPSA) is 71.8 Å². The second-order valence-corrected chi connectivity index (χ2v) is 7.73. The van der Waals surface area contributed by atoms with Crippen LogP contribution in [0.5, 0.6) is 0 Å². The van der Waals surface area contributed by atoms with Gasteiger partial charge in [0.15, 0.2) is 5.82 Å². The van der Waals surface area contributed by atoms with Crippen LogP contribution >= 0.6 is 0 Å². The van der Waals surface area contributed by atoms with Gasteiger partial charge in [-0.25, -0.2) is 4.79 Å². The number of urea groups is 1. The van der Waals surface area contributed by atoms with Gasteiger partial charge in [-0.15, -0.1) is 10.2 Å². The van der Waals surface area contributed by atoms with Crippen molar-refractivity contribution in [3.8, 4) is 0 Å². The van der Waals surface area contributed by atoms with Gasteiger partial charge in [0.2, 0.25) is 0 Å². The van der Waals surface area contributed by atoms with Crippen LogP contribution in [0.1, 0.15) is 69.4 Å². The highest BCUT2D eigenvalue weighted by Crippen LogP contribution is 2.44. The molecule has 0 aromatic carbocycles. The van der Waals surface area contributed by atoms with Gasteiger partial charge in [-0.05, 0) is 31.1 Å². The minimum atomic E-state index is -0.0516. The van der Waals surface area contributed by atoms with Crippen molar-refractivity contribution in [1.29, 1.82) is 0 Å². The molecule has 2 aliphatic carbocycles. The van der Waals surface area contributed by atoms with Gasteiger partial charge in [0.25, 0.3) is 0 Å². The average molecular weight is 331 g/mol. The Morgan fingerprint density at radius 2 is 1.92 bits per heavy atom. The summed E-state index contributed by atoms with van der Waals surface area (Å²) in [5, 5.41) is 14.7. The van der Waals surface area contributed by atoms with Gasteiger partial charge < -0.3 is 15.2 Å². The number of hydrogen-bond donors (Lipinski definition) is 2. The number of nitrogens with one attached hydrogen (secondary N) is 2. The first-order valence-corrected chi connectivity index (χ1v) is 9.76. The zero-order valence-corrected chi connectivity index (χ0v) is 14.5. The maximum absolute atomic E-state index is 12.2. The average Bonchev–Trinajstić information content (AvgIpc) is 3.32. The molecule has 1 aromatic rings. The first-order valence-electron chi connectivity index (χ1n) is 9.76. The number of amides is 2. The van der Waals surface area contributed by atoms with Crippen LogP contribution in [0.3, 0.4) is 0 Å². The van der Waals surface area contributed by atoms with Crippen LogP contribution in [0.2, 0.25) is 0 Å². The quantitative estimate of drug-likeness (QED) is 0.891. The standard InChI is InChI=1S/C18H29N5O/c24-18(20-15-11-14(15)13-7-3-1-4-8-13)19-12-17-22-21-16-9-5-2-6-10-23(16)17/h13-15H,1-12H2,(H2,19,20,24)/t14-,15-/m1/s1. The van der Waals surface area contributed by atoms with Crippen molar-refractivity contribution in [3.05, 3.63) is 11.6 Å². The molecule has 3 aliphatic rings. The molecule has 2 heterocycles. The molecule has 6 nitrogen and oxygen atoms in total. The highest BCUT2D eigenvalue weighted by molar-refractivity contribution is 5.74. The number of aryl methyl sites for hydroxylation is 1. The maximum Gasteiger partial charge on any atom is 0.315 e. The van der Waals surface area contributed by atoms with E-state index in [2.05, 4.69) is 25.4 Å². The Balaban J connectivity index is 1.24. The van der Waals surface area contributed by atoms with Crippen molar-refractivity contribution >= 4 is 6.03 Å². The van der Waals surface area contributed by atoms with Crippen LogP contribution in [-0.2, 0) is 19.5 Å². The van der Waals surface area contributed by atoms with Crippen molar-refractivity contribution in [2.24, 2.45) is 11.8 Å². The van der Waals surface area contributed by atoms with Crippen LogP contribution in [0, 0.1) is 11.8 Å². The van der Waals surface area contributed by atoms with Crippen LogP contribution in [-0.4, -0.2) is 26.8 Å². The summed E-state index contributed by atoms with van der Waals surface area (Å²) in [5.74, 6) is 3.53. The zero-order valence-electron chi connectivity index (χ0n) is 14.5. The van der Waals surface area contributed by atoms with E-state index in [0.29, 0.717) is 12.6 Å². The highest BCUT2D eigenvalue weighted by atomic mass is 16.2. The largest absolute Gasteiger partial charge is 0.335 e. The van der Waals surface area contributed by atoms with E-state index < -0.39 is 0 Å². The molecule has 0 unspecified atom stereocenters. The number of fused-ring (bicyclic) bond motifs is 1. The Morgan fingerprint density at radius 1 is 1.08 bits per heavy atom. The molecule has 2 fully saturated rings. The third-order valence-electron chi connectivity index (χ3n) is 6.00. The van der Waals surface area contributed by atoms with Gasteiger partial charge in [0.1, 0.15) is 5.82 Å². The molecular formula is C18H29N5O. The summed E-state index contributed by atoms with van der Waals surface area (Å²) in [5.41, 5.74) is 0. The predicted octanol–water partition coefficient (Wildman–Crippen LogP) is 2.77. The normalized spacial score (nSPS) is 27.2. The third-order valence-corrected chi connectivity index (χ3v) is 6.00. The predicted molar refractivity (Wildman–Crippen MR) is 91.4 cm³/mol. The first kappa shape index (κ1) is 15.9. The van der Waals surface area contributed by atoms with Crippen molar-refractivity contribution in [2.75, 3.05) is 0 Å². The number of nitrogens with zero attached hydrogens (tertiary/aromatic N) is 3. The van der Waals surface area contributed by atoms with Gasteiger partial charge >= 0.3 is 6.03 Å². The van der Waals surface area contributed by atoms with Crippen LogP contribution in [0.15, 0.2) is 0 Å². The van der Waals surface area contributed by atoms with Gasteiger partial charge in [0, 0.05) is 19.0 Å². The molecular weight excluding hydrogens is 302 g/mol. The number of carbonyl (C=O) groups excluding carboxylic acids is 1. The van der Waals surface area contributed by atoms with Crippen molar-refractivity contribution in [3.63, 3.8) is 0 Å². The lowest BCUT2D eigenvalue weighted by molar-refractivity contribution is 0.237. The molecule has 2 atom stereocenters. The molecule has 2 saturated carbocycles. The lowest BCUT2D eigenvalue weighted by atomic mass is 9.85. The second kappa shape index (κ2) is 7.11. The van der Waals surface area contributed by atoms with Gasteiger partial charge in [-0.1, -0.05) is 38.5 Å². The minimum absolute atomic E-state index is 0.0516. The second-order valence-electron chi connectivity index (χ2n) is 7.73. The van der Waals surface area contributed by atoms with E-state index in [9.17, 15) is 4.79 Å². The fraction of sp³-hybridized carbons (Fsp3) is 0.833. The Morgan fingerprint density at radius 3 is 2.79 bits per heavy atom. The molecule has 2 amide bonds. The first-order chi connectivity index (χ1) is 11.8. The summed E-state index contributed by atoms with van der Waals surface area (Å²) in [6.45, 7) is 1.45. The lowest BCUT2D eigenvalue weighted by Gasteiger charge is -2.21. The summed E-state index contributed by atoms with van der Waals surface area (Å²) in [4.78, 5) is 12.2. The molecule has 0 spiro atoms. The molecule has 0 bridgehead atoms. The summed E-state index contributed by atoms with van der Waals surface area (Å²) in [6.07, 6.45) is 12.6. The van der Waals surface area contributed by atoms with E-state index in [1.807, 2.05) is 0 Å². The Bertz CT molecular complexity index is 578. The van der Waals surface area contributed by atoms with E-state index >= 15 is 0 Å². The van der Waals surface area contributed by atoms with E-state index in [4.69, 9.17) is 0 Å². The summed E-state index contributed by atoms with van der Waals surface area (Å²) < 4.78 is 2.19. The molecule has 6 heteroatoms. The highest BCUT2D eigenvalue weighted by Gasteiger charge is 2.43. The van der Waals surface area contributed by atoms with Crippen LogP contribution in [0.4, 0.5) is 4.79 Å². The third kappa shape index (κ3) is 3.57. The molecule has 1 aromatic heterocycles. The van der Waals surface area contributed by atoms with E-state index in [1.54, 1.807) is 0 Å². The number of hydrogen-bond acceptors (Lipinski definition) is 3. The molecule has 0 saturated heterocycles. The van der Waals surface area contributed by atoms with Crippen molar-refractivity contribution in [2.45, 2.75) is 83.3 Å². The van der Waals surface area contributed by atoms with Crippen molar-refractivity contribution < 1.29 is 4.79 Å². The summed E-state index contributed by atoms with van der Waals surface area (Å²) >= 11 is 0. The lowest BCUT2D eigenvalue weighted by Crippen LogP contribution is -2.38. The Kier molecular flexibility index (Phi) is 4.72. The molecule has 2 N–H and O–H groups in total. The number of carbonyl (C=O) groups is 1. The zero-order chi connectivity index (χ0) is 16.4. The number of aromatic nitrogens is 3. The van der Waals surface area contributed by atoms with Crippen LogP contribution < -0.4 is 10.6 Å². The number of rotatable bonds is 4. The Labute approximate surface area is 143 Å². The molecule has 1 aliphatic heterocycles. The summed E-state index contributed by atoms with van der Waals surface area (Å²) in [7, 11) is 0. The van der Waals surface area contributed by atoms with Crippen LogP contribution in [0.25, 0.3) is 0 Å². The van der Waals surface area contributed by atoms with E-state index in [0.717, 1.165) is 36.5 Å². The maximum atomic E-state index is 12.2. The van der Waals surface area contributed by atoms with Gasteiger partial charge in [-0.3, -0.25) is 0 Å². The Hall–Kier alpha value is -1.59. The fourth-order valence-electron chi connectivity index (χ4n) is 4.52. The van der Waals surface area contributed by atoms with E-state index in [1.165, 1.54) is 57.8 Å². The monoisotopic (exact) mass is 331 g/mol. The molecule has 24 heavy (non-hydrogen) atoms. The molecule has 132 valence electrons.